The maximum Gasteiger partial charge on any atom is 0.317 e. The first-order chi connectivity index (χ1) is 11.2. The van der Waals surface area contributed by atoms with Gasteiger partial charge in [0.25, 0.3) is 0 Å². The van der Waals surface area contributed by atoms with E-state index in [-0.39, 0.29) is 18.0 Å². The molecule has 126 valence electrons. The normalized spacial score (nSPS) is 19.7. The average Bonchev–Trinajstić information content (AvgIpc) is 3.21. The highest BCUT2D eigenvalue weighted by atomic mass is 32.1. The largest absolute Gasteiger partial charge is 0.353 e. The minimum Gasteiger partial charge on any atom is -0.353 e. The molecule has 3 rings (SSSR count). The zero-order valence-electron chi connectivity index (χ0n) is 13.4. The van der Waals surface area contributed by atoms with Gasteiger partial charge in [0.1, 0.15) is 0 Å². The van der Waals surface area contributed by atoms with Crippen LogP contribution in [0.25, 0.3) is 0 Å². The Kier molecular flexibility index (Phi) is 5.54. The number of hydrogen-bond acceptors (Lipinski definition) is 3. The minimum atomic E-state index is 0.0697. The summed E-state index contributed by atoms with van der Waals surface area (Å²) in [7, 11) is 0. The Morgan fingerprint density at radius 3 is 2.43 bits per heavy atom. The Morgan fingerprint density at radius 2 is 1.78 bits per heavy atom. The summed E-state index contributed by atoms with van der Waals surface area (Å²) in [5.74, 6) is 0.0845. The van der Waals surface area contributed by atoms with Gasteiger partial charge in [-0.15, -0.1) is 11.3 Å². The van der Waals surface area contributed by atoms with E-state index in [0.717, 1.165) is 43.6 Å². The molecule has 6 heteroatoms. The van der Waals surface area contributed by atoms with Gasteiger partial charge in [-0.1, -0.05) is 18.9 Å². The second kappa shape index (κ2) is 7.81. The second-order valence-electron chi connectivity index (χ2n) is 6.52. The summed E-state index contributed by atoms with van der Waals surface area (Å²) >= 11 is 1.61. The Morgan fingerprint density at radius 1 is 1.09 bits per heavy atom. The predicted molar refractivity (Wildman–Crippen MR) is 91.5 cm³/mol. The molecule has 1 aliphatic carbocycles. The molecule has 1 aromatic rings. The third-order valence-electron chi connectivity index (χ3n) is 4.74. The monoisotopic (exact) mass is 335 g/mol. The van der Waals surface area contributed by atoms with Crippen molar-refractivity contribution in [2.75, 3.05) is 13.1 Å². The van der Waals surface area contributed by atoms with E-state index in [0.29, 0.717) is 12.5 Å². The van der Waals surface area contributed by atoms with Crippen molar-refractivity contribution in [1.82, 2.24) is 15.5 Å². The highest BCUT2D eigenvalue weighted by molar-refractivity contribution is 7.10. The first kappa shape index (κ1) is 16.3. The number of carbonyl (C=O) groups excluding carboxylic acids is 2. The lowest BCUT2D eigenvalue weighted by Gasteiger charge is -2.33. The number of amides is 3. The standard InChI is InChI=1S/C17H25N3O2S/c21-16(12-15-6-3-11-23-15)18-14-7-9-20(10-8-14)17(22)19-13-4-1-2-5-13/h3,6,11,13-14H,1-2,4-5,7-10,12H2,(H,18,21)(H,19,22). The van der Waals surface area contributed by atoms with E-state index in [4.69, 9.17) is 0 Å². The van der Waals surface area contributed by atoms with E-state index in [9.17, 15) is 9.59 Å². The van der Waals surface area contributed by atoms with E-state index >= 15 is 0 Å². The second-order valence-corrected chi connectivity index (χ2v) is 7.55. The number of hydrogen-bond donors (Lipinski definition) is 2. The Bertz CT molecular complexity index is 518. The van der Waals surface area contributed by atoms with E-state index in [1.807, 2.05) is 22.4 Å². The molecule has 1 aliphatic heterocycles. The van der Waals surface area contributed by atoms with Crippen LogP contribution in [0.2, 0.25) is 0 Å². The van der Waals surface area contributed by atoms with E-state index in [1.165, 1.54) is 12.8 Å². The summed E-state index contributed by atoms with van der Waals surface area (Å²) in [5.41, 5.74) is 0. The van der Waals surface area contributed by atoms with Crippen LogP contribution in [0, 0.1) is 0 Å². The molecule has 0 aromatic carbocycles. The number of likely N-dealkylation sites (tertiary alicyclic amines) is 1. The Hall–Kier alpha value is -1.56. The van der Waals surface area contributed by atoms with Gasteiger partial charge in [0.15, 0.2) is 0 Å². The molecule has 0 unspecified atom stereocenters. The minimum absolute atomic E-state index is 0.0697. The van der Waals surface area contributed by atoms with Crippen molar-refractivity contribution in [1.29, 1.82) is 0 Å². The van der Waals surface area contributed by atoms with Crippen molar-refractivity contribution in [3.63, 3.8) is 0 Å². The van der Waals surface area contributed by atoms with Gasteiger partial charge in [0, 0.05) is 30.1 Å². The zero-order valence-corrected chi connectivity index (χ0v) is 14.2. The van der Waals surface area contributed by atoms with Crippen molar-refractivity contribution in [3.05, 3.63) is 22.4 Å². The first-order valence-electron chi connectivity index (χ1n) is 8.58. The third-order valence-corrected chi connectivity index (χ3v) is 5.62. The van der Waals surface area contributed by atoms with Crippen LogP contribution in [0.3, 0.4) is 0 Å². The summed E-state index contributed by atoms with van der Waals surface area (Å²) in [6.07, 6.45) is 6.82. The van der Waals surface area contributed by atoms with Crippen LogP contribution in [0.1, 0.15) is 43.4 Å². The molecule has 2 aliphatic rings. The molecule has 2 heterocycles. The molecule has 2 fully saturated rings. The predicted octanol–water partition coefficient (Wildman–Crippen LogP) is 2.52. The average molecular weight is 335 g/mol. The van der Waals surface area contributed by atoms with Crippen LogP contribution in [-0.2, 0) is 11.2 Å². The Balaban J connectivity index is 1.37. The van der Waals surface area contributed by atoms with Crippen LogP contribution in [0.4, 0.5) is 4.79 Å². The smallest absolute Gasteiger partial charge is 0.317 e. The van der Waals surface area contributed by atoms with Crippen molar-refractivity contribution < 1.29 is 9.59 Å². The molecule has 1 saturated heterocycles. The summed E-state index contributed by atoms with van der Waals surface area (Å²) in [6.45, 7) is 1.45. The van der Waals surface area contributed by atoms with Gasteiger partial charge >= 0.3 is 6.03 Å². The van der Waals surface area contributed by atoms with E-state index in [2.05, 4.69) is 10.6 Å². The molecule has 0 atom stereocenters. The molecule has 0 spiro atoms. The van der Waals surface area contributed by atoms with Gasteiger partial charge in [-0.05, 0) is 37.1 Å². The van der Waals surface area contributed by atoms with Gasteiger partial charge in [0.2, 0.25) is 5.91 Å². The summed E-state index contributed by atoms with van der Waals surface area (Å²) < 4.78 is 0. The number of piperidine rings is 1. The SMILES string of the molecule is O=C(Cc1cccs1)NC1CCN(C(=O)NC2CCCC2)CC1. The molecule has 0 bridgehead atoms. The van der Waals surface area contributed by atoms with Crippen LogP contribution in [0.15, 0.2) is 17.5 Å². The lowest BCUT2D eigenvalue weighted by molar-refractivity contribution is -0.121. The van der Waals surface area contributed by atoms with Crippen LogP contribution in [-0.4, -0.2) is 42.0 Å². The lowest BCUT2D eigenvalue weighted by Crippen LogP contribution is -2.51. The van der Waals surface area contributed by atoms with E-state index in [1.54, 1.807) is 11.3 Å². The lowest BCUT2D eigenvalue weighted by atomic mass is 10.1. The number of nitrogens with zero attached hydrogens (tertiary/aromatic N) is 1. The van der Waals surface area contributed by atoms with Gasteiger partial charge in [-0.25, -0.2) is 4.79 Å². The van der Waals surface area contributed by atoms with Crippen molar-refractivity contribution in [3.8, 4) is 0 Å². The van der Waals surface area contributed by atoms with Crippen molar-refractivity contribution in [2.24, 2.45) is 0 Å². The van der Waals surface area contributed by atoms with Crippen molar-refractivity contribution >= 4 is 23.3 Å². The molecule has 5 nitrogen and oxygen atoms in total. The number of thiophene rings is 1. The maximum absolute atomic E-state index is 12.2. The fraction of sp³-hybridized carbons (Fsp3) is 0.647. The first-order valence-corrected chi connectivity index (χ1v) is 9.46. The molecule has 3 amide bonds. The van der Waals surface area contributed by atoms with Gasteiger partial charge in [-0.3, -0.25) is 4.79 Å². The number of urea groups is 1. The number of rotatable bonds is 4. The van der Waals surface area contributed by atoms with Gasteiger partial charge in [-0.2, -0.15) is 0 Å². The molecule has 1 saturated carbocycles. The molecule has 1 aromatic heterocycles. The van der Waals surface area contributed by atoms with Gasteiger partial charge in [0.05, 0.1) is 6.42 Å². The summed E-state index contributed by atoms with van der Waals surface area (Å²) in [6, 6.07) is 4.58. The van der Waals surface area contributed by atoms with E-state index < -0.39 is 0 Å². The fourth-order valence-electron chi connectivity index (χ4n) is 3.41. The number of nitrogens with one attached hydrogen (secondary N) is 2. The fourth-order valence-corrected chi connectivity index (χ4v) is 4.12. The van der Waals surface area contributed by atoms with Crippen LogP contribution < -0.4 is 10.6 Å². The summed E-state index contributed by atoms with van der Waals surface area (Å²) in [4.78, 5) is 27.2. The molecular weight excluding hydrogens is 310 g/mol. The van der Waals surface area contributed by atoms with Gasteiger partial charge < -0.3 is 15.5 Å². The highest BCUT2D eigenvalue weighted by Crippen LogP contribution is 2.19. The topological polar surface area (TPSA) is 61.4 Å². The maximum atomic E-state index is 12.2. The van der Waals surface area contributed by atoms with Crippen molar-refractivity contribution in [2.45, 2.75) is 57.0 Å². The Labute approximate surface area is 141 Å². The molecule has 2 N–H and O–H groups in total. The van der Waals surface area contributed by atoms with Crippen LogP contribution >= 0.6 is 11.3 Å². The molecule has 0 radical (unpaired) electrons. The number of carbonyl (C=O) groups is 2. The third kappa shape index (κ3) is 4.70. The zero-order chi connectivity index (χ0) is 16.1. The molecular formula is C17H25N3O2S. The van der Waals surface area contributed by atoms with Crippen LogP contribution in [0.5, 0.6) is 0 Å². The summed E-state index contributed by atoms with van der Waals surface area (Å²) in [5, 5.41) is 8.22. The molecule has 23 heavy (non-hydrogen) atoms. The highest BCUT2D eigenvalue weighted by Gasteiger charge is 2.26. The quantitative estimate of drug-likeness (QED) is 0.888.